The van der Waals surface area contributed by atoms with E-state index in [4.69, 9.17) is 0 Å². The van der Waals surface area contributed by atoms with Gasteiger partial charge in [-0.05, 0) is 0 Å². The summed E-state index contributed by atoms with van der Waals surface area (Å²) in [6.45, 7) is 0. The molecule has 0 unspecified atom stereocenters. The van der Waals surface area contributed by atoms with E-state index in [-0.39, 0.29) is 20.9 Å². The van der Waals surface area contributed by atoms with Crippen molar-refractivity contribution < 1.29 is 0 Å². The maximum absolute atomic E-state index is 3.35. The van der Waals surface area contributed by atoms with Gasteiger partial charge in [-0.3, -0.25) is 0 Å². The predicted molar refractivity (Wildman–Crippen MR) is 74.0 cm³/mol. The molecule has 0 aliphatic carbocycles. The van der Waals surface area contributed by atoms with Crippen LogP contribution in [0.4, 0.5) is 0 Å². The quantitative estimate of drug-likeness (QED) is 0.459. The molecule has 0 atom stereocenters. The molecule has 0 saturated heterocycles. The summed E-state index contributed by atoms with van der Waals surface area (Å²) in [5.74, 6) is 3.24. The maximum atomic E-state index is 3.35. The summed E-state index contributed by atoms with van der Waals surface area (Å²) >= 11 is -0.161. The zero-order chi connectivity index (χ0) is 11.8. The normalized spacial score (nSPS) is 9.41. The first-order valence-corrected chi connectivity index (χ1v) is 8.48. The van der Waals surface area contributed by atoms with E-state index < -0.39 is 0 Å². The first kappa shape index (κ1) is 12.3. The Kier molecular flexibility index (Phi) is 5.18. The molecule has 84 valence electrons. The Morgan fingerprint density at radius 3 is 2.18 bits per heavy atom. The molecule has 0 N–H and O–H groups in total. The van der Waals surface area contributed by atoms with Crippen LogP contribution in [0.5, 0.6) is 0 Å². The molecule has 0 aromatic heterocycles. The van der Waals surface area contributed by atoms with Gasteiger partial charge in [-0.25, -0.2) is 0 Å². The van der Waals surface area contributed by atoms with Gasteiger partial charge in [0.25, 0.3) is 0 Å². The first-order valence-electron chi connectivity index (χ1n) is 5.67. The van der Waals surface area contributed by atoms with Crippen LogP contribution in [-0.2, 0) is 6.42 Å². The molecule has 0 amide bonds. The van der Waals surface area contributed by atoms with Crippen LogP contribution >= 0.6 is 0 Å². The fourth-order valence-electron chi connectivity index (χ4n) is 1.48. The Morgan fingerprint density at radius 2 is 1.47 bits per heavy atom. The second kappa shape index (κ2) is 7.18. The molecule has 0 saturated carbocycles. The minimum absolute atomic E-state index is 0.161. The van der Waals surface area contributed by atoms with Gasteiger partial charge < -0.3 is 0 Å². The van der Waals surface area contributed by atoms with Gasteiger partial charge in [0.2, 0.25) is 0 Å². The third-order valence-corrected chi connectivity index (χ3v) is 4.25. The molecule has 0 bridgehead atoms. The van der Waals surface area contributed by atoms with Crippen LogP contribution in [0.15, 0.2) is 60.7 Å². The molecule has 0 aliphatic heterocycles. The third-order valence-electron chi connectivity index (χ3n) is 2.38. The van der Waals surface area contributed by atoms with Crippen LogP contribution in [0.1, 0.15) is 11.1 Å². The third kappa shape index (κ3) is 4.66. The van der Waals surface area contributed by atoms with Crippen molar-refractivity contribution in [2.45, 2.75) is 10.9 Å². The summed E-state index contributed by atoms with van der Waals surface area (Å²) in [4.78, 5) is 0. The molecule has 0 radical (unpaired) electrons. The summed E-state index contributed by atoms with van der Waals surface area (Å²) in [6, 6.07) is 20.9. The van der Waals surface area contributed by atoms with Gasteiger partial charge in [-0.15, -0.1) is 0 Å². The number of hydrogen-bond acceptors (Lipinski definition) is 0. The molecule has 0 fully saturated rings. The molecular weight excluding hydrogens is 320 g/mol. The van der Waals surface area contributed by atoms with Crippen molar-refractivity contribution >= 4 is 20.9 Å². The van der Waals surface area contributed by atoms with Gasteiger partial charge in [-0.1, -0.05) is 0 Å². The molecule has 0 heterocycles. The number of hydrogen-bond donors (Lipinski definition) is 0. The Balaban J connectivity index is 1.76. The number of aryl methyl sites for hydroxylation is 1. The fraction of sp³-hybridized carbons (Fsp3) is 0.125. The zero-order valence-corrected chi connectivity index (χ0v) is 11.9. The Bertz CT molecular complexity index is 491. The molecule has 1 heteroatoms. The first-order chi connectivity index (χ1) is 8.45. The number of benzene rings is 2. The monoisotopic (exact) mass is 336 g/mol. The van der Waals surface area contributed by atoms with E-state index in [9.17, 15) is 0 Å². The van der Waals surface area contributed by atoms with Crippen molar-refractivity contribution in [1.82, 2.24) is 0 Å². The summed E-state index contributed by atoms with van der Waals surface area (Å²) < 4.78 is 4.61. The average Bonchev–Trinajstić information content (AvgIpc) is 2.41. The Morgan fingerprint density at radius 1 is 0.824 bits per heavy atom. The van der Waals surface area contributed by atoms with Crippen molar-refractivity contribution in [3.8, 4) is 9.89 Å². The van der Waals surface area contributed by atoms with E-state index in [0.717, 1.165) is 5.56 Å². The van der Waals surface area contributed by atoms with Gasteiger partial charge in [-0.2, -0.15) is 0 Å². The van der Waals surface area contributed by atoms with E-state index >= 15 is 0 Å². The Hall–Kier alpha value is -1.21. The molecule has 17 heavy (non-hydrogen) atoms. The van der Waals surface area contributed by atoms with Gasteiger partial charge in [0, 0.05) is 0 Å². The fourth-order valence-corrected chi connectivity index (χ4v) is 3.28. The zero-order valence-electron chi connectivity index (χ0n) is 9.60. The van der Waals surface area contributed by atoms with Crippen LogP contribution < -0.4 is 0 Å². The SMILES string of the molecule is C(#Cc1ccccc1)[Te]CCc1ccccc1. The second-order valence-electron chi connectivity index (χ2n) is 3.68. The summed E-state index contributed by atoms with van der Waals surface area (Å²) in [6.07, 6.45) is 1.17. The van der Waals surface area contributed by atoms with Crippen LogP contribution in [-0.4, -0.2) is 20.9 Å². The standard InChI is InChI=1S/C16H14Te/c1-3-7-15(8-4-1)11-13-17-14-12-16-9-5-2-6-10-16/h1-10H,11,13H2. The van der Waals surface area contributed by atoms with Crippen molar-refractivity contribution in [2.75, 3.05) is 0 Å². The molecule has 2 aromatic rings. The molecule has 0 aliphatic rings. The second-order valence-corrected chi connectivity index (χ2v) is 6.25. The summed E-state index contributed by atoms with van der Waals surface area (Å²) in [5.41, 5.74) is 2.57. The van der Waals surface area contributed by atoms with E-state index in [1.54, 1.807) is 0 Å². The van der Waals surface area contributed by atoms with Gasteiger partial charge >= 0.3 is 113 Å². The van der Waals surface area contributed by atoms with Crippen molar-refractivity contribution in [3.63, 3.8) is 0 Å². The van der Waals surface area contributed by atoms with Crippen molar-refractivity contribution in [1.29, 1.82) is 0 Å². The molecule has 0 nitrogen and oxygen atoms in total. The molecule has 2 aromatic carbocycles. The van der Waals surface area contributed by atoms with Crippen LogP contribution in [0, 0.1) is 9.89 Å². The molecular formula is C16H14Te. The van der Waals surface area contributed by atoms with Crippen molar-refractivity contribution in [2.24, 2.45) is 0 Å². The molecule has 2 rings (SSSR count). The summed E-state index contributed by atoms with van der Waals surface area (Å²) in [7, 11) is 0. The van der Waals surface area contributed by atoms with Crippen molar-refractivity contribution in [3.05, 3.63) is 71.8 Å². The number of rotatable bonds is 3. The van der Waals surface area contributed by atoms with E-state index in [1.807, 2.05) is 18.2 Å². The van der Waals surface area contributed by atoms with Crippen LogP contribution in [0.2, 0.25) is 4.47 Å². The van der Waals surface area contributed by atoms with Gasteiger partial charge in [0.1, 0.15) is 0 Å². The predicted octanol–water partition coefficient (Wildman–Crippen LogP) is 3.36. The van der Waals surface area contributed by atoms with E-state index in [1.165, 1.54) is 16.5 Å². The summed E-state index contributed by atoms with van der Waals surface area (Å²) in [5, 5.41) is 0. The minimum atomic E-state index is -0.161. The van der Waals surface area contributed by atoms with E-state index in [2.05, 4.69) is 52.4 Å². The molecule has 0 spiro atoms. The average molecular weight is 334 g/mol. The van der Waals surface area contributed by atoms with Gasteiger partial charge in [0.05, 0.1) is 0 Å². The topological polar surface area (TPSA) is 0 Å². The van der Waals surface area contributed by atoms with E-state index in [0.29, 0.717) is 0 Å². The van der Waals surface area contributed by atoms with Crippen LogP contribution in [0.25, 0.3) is 0 Å². The van der Waals surface area contributed by atoms with Crippen LogP contribution in [0.3, 0.4) is 0 Å². The van der Waals surface area contributed by atoms with Gasteiger partial charge in [0.15, 0.2) is 0 Å². The Labute approximate surface area is 113 Å².